The van der Waals surface area contributed by atoms with Gasteiger partial charge in [0.2, 0.25) is 0 Å². The lowest BCUT2D eigenvalue weighted by Gasteiger charge is -2.11. The number of hydrogen-bond acceptors (Lipinski definition) is 3. The van der Waals surface area contributed by atoms with Crippen LogP contribution in [0.2, 0.25) is 0 Å². The number of urea groups is 1. The van der Waals surface area contributed by atoms with Crippen molar-refractivity contribution >= 4 is 11.9 Å². The second-order valence-corrected chi connectivity index (χ2v) is 5.93. The highest BCUT2D eigenvalue weighted by Gasteiger charge is 2.07. The van der Waals surface area contributed by atoms with Crippen LogP contribution in [0.15, 0.2) is 48.5 Å². The molecule has 0 saturated carbocycles. The van der Waals surface area contributed by atoms with E-state index in [-0.39, 0.29) is 17.7 Å². The van der Waals surface area contributed by atoms with Crippen LogP contribution in [0.5, 0.6) is 5.75 Å². The first-order valence-corrected chi connectivity index (χ1v) is 8.06. The van der Waals surface area contributed by atoms with E-state index in [0.29, 0.717) is 25.1 Å². The molecule has 132 valence electrons. The average molecular weight is 341 g/mol. The summed E-state index contributed by atoms with van der Waals surface area (Å²) in [5, 5.41) is 14.9. The number of nitrogens with zero attached hydrogens (tertiary/aromatic N) is 1. The Morgan fingerprint density at radius 2 is 1.72 bits per heavy atom. The Balaban J connectivity index is 1.73. The summed E-state index contributed by atoms with van der Waals surface area (Å²) in [6.07, 6.45) is 0.642. The zero-order valence-electron chi connectivity index (χ0n) is 14.5. The predicted octanol–water partition coefficient (Wildman–Crippen LogP) is 2.14. The molecule has 0 heterocycles. The number of carbonyl (C=O) groups excluding carboxylic acids is 2. The van der Waals surface area contributed by atoms with E-state index in [4.69, 9.17) is 0 Å². The van der Waals surface area contributed by atoms with Crippen molar-refractivity contribution in [3.63, 3.8) is 0 Å². The van der Waals surface area contributed by atoms with Crippen molar-refractivity contribution in [2.75, 3.05) is 20.6 Å². The molecule has 0 fully saturated rings. The van der Waals surface area contributed by atoms with E-state index in [9.17, 15) is 14.7 Å². The smallest absolute Gasteiger partial charge is 0.315 e. The molecule has 0 atom stereocenters. The van der Waals surface area contributed by atoms with E-state index in [1.54, 1.807) is 44.4 Å². The van der Waals surface area contributed by atoms with Gasteiger partial charge in [0.05, 0.1) is 0 Å². The van der Waals surface area contributed by atoms with E-state index in [1.165, 1.54) is 4.90 Å². The van der Waals surface area contributed by atoms with Crippen LogP contribution in [0, 0.1) is 0 Å². The third kappa shape index (κ3) is 5.84. The summed E-state index contributed by atoms with van der Waals surface area (Å²) in [7, 11) is 3.41. The number of benzene rings is 2. The minimum absolute atomic E-state index is 0.0517. The molecule has 25 heavy (non-hydrogen) atoms. The van der Waals surface area contributed by atoms with Gasteiger partial charge >= 0.3 is 6.03 Å². The molecule has 0 saturated heterocycles. The van der Waals surface area contributed by atoms with Crippen molar-refractivity contribution in [2.45, 2.75) is 13.0 Å². The number of aromatic hydroxyl groups is 1. The van der Waals surface area contributed by atoms with Gasteiger partial charge < -0.3 is 20.6 Å². The van der Waals surface area contributed by atoms with Gasteiger partial charge in [0.1, 0.15) is 5.75 Å². The molecule has 2 aromatic rings. The molecule has 3 N–H and O–H groups in total. The van der Waals surface area contributed by atoms with Gasteiger partial charge in [0, 0.05) is 32.7 Å². The predicted molar refractivity (Wildman–Crippen MR) is 96.5 cm³/mol. The third-order valence-electron chi connectivity index (χ3n) is 3.67. The maximum absolute atomic E-state index is 11.8. The van der Waals surface area contributed by atoms with Gasteiger partial charge in [-0.25, -0.2) is 4.79 Å². The molecule has 3 amide bonds. The lowest BCUT2D eigenvalue weighted by molar-refractivity contribution is 0.0827. The molecule has 0 bridgehead atoms. The molecule has 0 aliphatic heterocycles. The molecule has 0 radical (unpaired) electrons. The zero-order chi connectivity index (χ0) is 18.2. The van der Waals surface area contributed by atoms with Gasteiger partial charge in [-0.15, -0.1) is 0 Å². The monoisotopic (exact) mass is 341 g/mol. The van der Waals surface area contributed by atoms with Crippen LogP contribution in [-0.2, 0) is 13.0 Å². The van der Waals surface area contributed by atoms with Gasteiger partial charge in [-0.2, -0.15) is 0 Å². The fourth-order valence-electron chi connectivity index (χ4n) is 2.30. The Morgan fingerprint density at radius 1 is 1.00 bits per heavy atom. The number of amides is 3. The Hall–Kier alpha value is -3.02. The fraction of sp³-hybridized carbons (Fsp3) is 0.263. The normalized spacial score (nSPS) is 10.2. The van der Waals surface area contributed by atoms with Crippen LogP contribution in [0.4, 0.5) is 4.79 Å². The number of rotatable bonds is 6. The lowest BCUT2D eigenvalue weighted by atomic mass is 10.1. The summed E-state index contributed by atoms with van der Waals surface area (Å²) in [4.78, 5) is 25.1. The van der Waals surface area contributed by atoms with Gasteiger partial charge in [0.25, 0.3) is 5.91 Å². The van der Waals surface area contributed by atoms with E-state index < -0.39 is 0 Å². The first-order valence-electron chi connectivity index (χ1n) is 8.06. The largest absolute Gasteiger partial charge is 0.508 e. The maximum atomic E-state index is 11.8. The average Bonchev–Trinajstić information content (AvgIpc) is 2.60. The van der Waals surface area contributed by atoms with E-state index in [2.05, 4.69) is 10.6 Å². The SMILES string of the molecule is CN(C)C(=O)c1ccc(CNC(=O)NCCc2cccc(O)c2)cc1. The Kier molecular flexibility index (Phi) is 6.39. The first-order chi connectivity index (χ1) is 12.0. The van der Waals surface area contributed by atoms with Crippen molar-refractivity contribution < 1.29 is 14.7 Å². The van der Waals surface area contributed by atoms with Crippen molar-refractivity contribution in [2.24, 2.45) is 0 Å². The molecular formula is C19H23N3O3. The molecule has 0 unspecified atom stereocenters. The number of phenolic OH excluding ortho intramolecular Hbond substituents is 1. The molecule has 6 heteroatoms. The van der Waals surface area contributed by atoms with Gasteiger partial charge in [0.15, 0.2) is 0 Å². The quantitative estimate of drug-likeness (QED) is 0.753. The van der Waals surface area contributed by atoms with Gasteiger partial charge in [-0.1, -0.05) is 24.3 Å². The second-order valence-electron chi connectivity index (χ2n) is 5.93. The minimum Gasteiger partial charge on any atom is -0.508 e. The molecule has 0 spiro atoms. The maximum Gasteiger partial charge on any atom is 0.315 e. The topological polar surface area (TPSA) is 81.7 Å². The Bertz CT molecular complexity index is 727. The third-order valence-corrected chi connectivity index (χ3v) is 3.67. The molecular weight excluding hydrogens is 318 g/mol. The zero-order valence-corrected chi connectivity index (χ0v) is 14.5. The van der Waals surface area contributed by atoms with Crippen molar-refractivity contribution in [1.29, 1.82) is 0 Å². The number of phenols is 1. The highest BCUT2D eigenvalue weighted by molar-refractivity contribution is 5.93. The van der Waals surface area contributed by atoms with E-state index in [0.717, 1.165) is 11.1 Å². The second kappa shape index (κ2) is 8.73. The molecule has 2 rings (SSSR count). The summed E-state index contributed by atoms with van der Waals surface area (Å²) in [5.74, 6) is 0.169. The summed E-state index contributed by atoms with van der Waals surface area (Å²) >= 11 is 0. The standard InChI is InChI=1S/C19H23N3O3/c1-22(2)18(24)16-8-6-15(7-9-16)13-21-19(25)20-11-10-14-4-3-5-17(23)12-14/h3-9,12,23H,10-11,13H2,1-2H3,(H2,20,21,25). The van der Waals surface area contributed by atoms with Gasteiger partial charge in [-0.05, 0) is 41.8 Å². The number of hydrogen-bond donors (Lipinski definition) is 3. The molecule has 0 aliphatic carbocycles. The van der Waals surface area contributed by atoms with Crippen LogP contribution >= 0.6 is 0 Å². The highest BCUT2D eigenvalue weighted by Crippen LogP contribution is 2.10. The summed E-state index contributed by atoms with van der Waals surface area (Å²) in [6.45, 7) is 0.861. The van der Waals surface area contributed by atoms with Crippen LogP contribution in [0.3, 0.4) is 0 Å². The minimum atomic E-state index is -0.256. The summed E-state index contributed by atoms with van der Waals surface area (Å²) < 4.78 is 0. The van der Waals surface area contributed by atoms with Crippen LogP contribution in [0.1, 0.15) is 21.5 Å². The lowest BCUT2D eigenvalue weighted by Crippen LogP contribution is -2.36. The molecule has 0 aromatic heterocycles. The van der Waals surface area contributed by atoms with Crippen molar-refractivity contribution in [1.82, 2.24) is 15.5 Å². The molecule has 2 aromatic carbocycles. The Labute approximate surface area is 147 Å². The van der Waals surface area contributed by atoms with Gasteiger partial charge in [-0.3, -0.25) is 4.79 Å². The molecule has 6 nitrogen and oxygen atoms in total. The summed E-state index contributed by atoms with van der Waals surface area (Å²) in [6, 6.07) is 13.8. The first kappa shape index (κ1) is 18.3. The van der Waals surface area contributed by atoms with Crippen LogP contribution < -0.4 is 10.6 Å². The van der Waals surface area contributed by atoms with E-state index in [1.807, 2.05) is 18.2 Å². The molecule has 0 aliphatic rings. The van der Waals surface area contributed by atoms with E-state index >= 15 is 0 Å². The number of nitrogens with one attached hydrogen (secondary N) is 2. The number of carbonyl (C=O) groups is 2. The fourth-order valence-corrected chi connectivity index (χ4v) is 2.30. The van der Waals surface area contributed by atoms with Crippen LogP contribution in [0.25, 0.3) is 0 Å². The summed E-state index contributed by atoms with van der Waals surface area (Å²) in [5.41, 5.74) is 2.49. The highest BCUT2D eigenvalue weighted by atomic mass is 16.3. The van der Waals surface area contributed by atoms with Crippen molar-refractivity contribution in [3.8, 4) is 5.75 Å². The Morgan fingerprint density at radius 3 is 2.36 bits per heavy atom. The van der Waals surface area contributed by atoms with Crippen LogP contribution in [-0.4, -0.2) is 42.6 Å². The van der Waals surface area contributed by atoms with Crippen molar-refractivity contribution in [3.05, 3.63) is 65.2 Å².